The van der Waals surface area contributed by atoms with Crippen molar-refractivity contribution in [3.63, 3.8) is 0 Å². The number of hydrogen-bond acceptors (Lipinski definition) is 4. The summed E-state index contributed by atoms with van der Waals surface area (Å²) in [7, 11) is 0. The number of anilines is 1. The van der Waals surface area contributed by atoms with Crippen LogP contribution in [0, 0.1) is 28.4 Å². The van der Waals surface area contributed by atoms with Gasteiger partial charge in [-0.1, -0.05) is 18.5 Å². The number of benzene rings is 1. The number of rotatable bonds is 3. The van der Waals surface area contributed by atoms with E-state index in [9.17, 15) is 15.4 Å². The highest BCUT2D eigenvalue weighted by molar-refractivity contribution is 6.33. The van der Waals surface area contributed by atoms with Gasteiger partial charge in [0.2, 0.25) is 0 Å². The largest absolute Gasteiger partial charge is 0.289 e. The van der Waals surface area contributed by atoms with Gasteiger partial charge >= 0.3 is 0 Å². The highest BCUT2D eigenvalue weighted by Crippen LogP contribution is 2.37. The number of nitro benzene ring substituents is 1. The number of H-pyrrole nitrogens is 1. The first-order valence-electron chi connectivity index (χ1n) is 6.59. The molecule has 0 radical (unpaired) electrons. The summed E-state index contributed by atoms with van der Waals surface area (Å²) in [5.74, 6) is 0.225. The second kappa shape index (κ2) is 6.00. The molecule has 0 aliphatic rings. The van der Waals surface area contributed by atoms with Crippen LogP contribution >= 0.6 is 11.6 Å². The van der Waals surface area contributed by atoms with Crippen LogP contribution in [0.4, 0.5) is 11.5 Å². The van der Waals surface area contributed by atoms with Crippen molar-refractivity contribution in [2.75, 3.05) is 5.73 Å². The average molecular weight is 318 g/mol. The fraction of sp³-hybridized carbons (Fsp3) is 0.200. The van der Waals surface area contributed by atoms with Gasteiger partial charge in [0.25, 0.3) is 11.5 Å². The zero-order valence-electron chi connectivity index (χ0n) is 12.1. The fourth-order valence-corrected chi connectivity index (χ4v) is 2.63. The Hall–Kier alpha value is -2.65. The summed E-state index contributed by atoms with van der Waals surface area (Å²) < 4.78 is 0. The Kier molecular flexibility index (Phi) is 4.29. The molecule has 0 bridgehead atoms. The van der Waals surface area contributed by atoms with E-state index in [0.717, 1.165) is 11.3 Å². The van der Waals surface area contributed by atoms with E-state index in [1.165, 1.54) is 18.2 Å². The SMILES string of the molecule is CCc1[nH+]c(N)c(C#N)c(-c2cc([N+](=O)[O-])ccc2Cl)c1C. The first-order valence-corrected chi connectivity index (χ1v) is 6.97. The third-order valence-corrected chi connectivity index (χ3v) is 3.86. The van der Waals surface area contributed by atoms with Crippen LogP contribution in [0.5, 0.6) is 0 Å². The Morgan fingerprint density at radius 2 is 2.18 bits per heavy atom. The van der Waals surface area contributed by atoms with Gasteiger partial charge in [0, 0.05) is 40.3 Å². The van der Waals surface area contributed by atoms with Crippen LogP contribution in [0.2, 0.25) is 5.02 Å². The number of halogens is 1. The number of nitrogens with zero attached hydrogens (tertiary/aromatic N) is 2. The predicted molar refractivity (Wildman–Crippen MR) is 83.3 cm³/mol. The Bertz CT molecular complexity index is 811. The molecule has 1 heterocycles. The molecule has 7 heteroatoms. The molecule has 0 saturated heterocycles. The second-order valence-electron chi connectivity index (χ2n) is 4.78. The summed E-state index contributed by atoms with van der Waals surface area (Å²) in [5, 5.41) is 20.7. The van der Waals surface area contributed by atoms with Crippen LogP contribution in [0.25, 0.3) is 11.1 Å². The summed E-state index contributed by atoms with van der Waals surface area (Å²) in [6, 6.07) is 6.19. The first-order chi connectivity index (χ1) is 10.4. The number of aryl methyl sites for hydroxylation is 1. The lowest BCUT2D eigenvalue weighted by Crippen LogP contribution is -2.20. The van der Waals surface area contributed by atoms with Crippen molar-refractivity contribution in [3.05, 3.63) is 50.2 Å². The lowest BCUT2D eigenvalue weighted by Gasteiger charge is -2.12. The van der Waals surface area contributed by atoms with Crippen LogP contribution < -0.4 is 10.7 Å². The third kappa shape index (κ3) is 2.59. The number of non-ortho nitro benzene ring substituents is 1. The van der Waals surface area contributed by atoms with Crippen LogP contribution in [-0.4, -0.2) is 4.92 Å². The van der Waals surface area contributed by atoms with Gasteiger partial charge in [-0.3, -0.25) is 15.8 Å². The maximum Gasteiger partial charge on any atom is 0.289 e. The molecule has 1 aromatic heterocycles. The van der Waals surface area contributed by atoms with Crippen molar-refractivity contribution in [1.82, 2.24) is 0 Å². The van der Waals surface area contributed by atoms with E-state index in [1.807, 2.05) is 19.9 Å². The molecule has 2 aromatic rings. The molecule has 0 spiro atoms. The van der Waals surface area contributed by atoms with Gasteiger partial charge in [0.05, 0.1) is 4.92 Å². The summed E-state index contributed by atoms with van der Waals surface area (Å²) in [4.78, 5) is 13.5. The maximum absolute atomic E-state index is 11.0. The Balaban J connectivity index is 2.88. The van der Waals surface area contributed by atoms with E-state index in [1.54, 1.807) is 0 Å². The minimum Gasteiger partial charge on any atom is -0.286 e. The number of aromatic amines is 1. The number of nitro groups is 1. The highest BCUT2D eigenvalue weighted by Gasteiger charge is 2.23. The minimum atomic E-state index is -0.500. The monoisotopic (exact) mass is 317 g/mol. The lowest BCUT2D eigenvalue weighted by molar-refractivity contribution is -0.384. The number of nitriles is 1. The van der Waals surface area contributed by atoms with Crippen LogP contribution in [0.3, 0.4) is 0 Å². The summed E-state index contributed by atoms with van der Waals surface area (Å²) in [6.07, 6.45) is 0.682. The maximum atomic E-state index is 11.0. The average Bonchev–Trinajstić information content (AvgIpc) is 2.49. The van der Waals surface area contributed by atoms with E-state index < -0.39 is 4.92 Å². The van der Waals surface area contributed by atoms with E-state index in [0.29, 0.717) is 22.6 Å². The molecule has 112 valence electrons. The van der Waals surface area contributed by atoms with Crippen LogP contribution in [0.15, 0.2) is 18.2 Å². The zero-order chi connectivity index (χ0) is 16.4. The predicted octanol–water partition coefficient (Wildman–Crippen LogP) is 3.05. The first kappa shape index (κ1) is 15.7. The Morgan fingerprint density at radius 3 is 2.73 bits per heavy atom. The van der Waals surface area contributed by atoms with E-state index in [4.69, 9.17) is 17.3 Å². The molecule has 22 heavy (non-hydrogen) atoms. The molecule has 0 fully saturated rings. The molecule has 1 aromatic carbocycles. The van der Waals surface area contributed by atoms with Gasteiger partial charge in [-0.05, 0) is 13.0 Å². The van der Waals surface area contributed by atoms with E-state index in [2.05, 4.69) is 4.98 Å². The van der Waals surface area contributed by atoms with Gasteiger partial charge in [-0.2, -0.15) is 5.26 Å². The van der Waals surface area contributed by atoms with Crippen molar-refractivity contribution < 1.29 is 9.91 Å². The topological polar surface area (TPSA) is 107 Å². The summed E-state index contributed by atoms with van der Waals surface area (Å²) >= 11 is 6.20. The Labute approximate surface area is 132 Å². The number of pyridine rings is 1. The normalized spacial score (nSPS) is 10.3. The quantitative estimate of drug-likeness (QED) is 0.693. The third-order valence-electron chi connectivity index (χ3n) is 3.53. The number of aromatic nitrogens is 1. The van der Waals surface area contributed by atoms with Gasteiger partial charge in [-0.25, -0.2) is 4.98 Å². The smallest absolute Gasteiger partial charge is 0.286 e. The van der Waals surface area contributed by atoms with Crippen LogP contribution in [-0.2, 0) is 6.42 Å². The lowest BCUT2D eigenvalue weighted by atomic mass is 9.94. The summed E-state index contributed by atoms with van der Waals surface area (Å²) in [6.45, 7) is 3.78. The van der Waals surface area contributed by atoms with Gasteiger partial charge < -0.3 is 0 Å². The number of nitrogen functional groups attached to an aromatic ring is 1. The van der Waals surface area contributed by atoms with Crippen molar-refractivity contribution in [3.8, 4) is 17.2 Å². The van der Waals surface area contributed by atoms with Gasteiger partial charge in [0.15, 0.2) is 0 Å². The molecule has 0 aliphatic carbocycles. The second-order valence-corrected chi connectivity index (χ2v) is 5.19. The highest BCUT2D eigenvalue weighted by atomic mass is 35.5. The van der Waals surface area contributed by atoms with E-state index in [-0.39, 0.29) is 17.1 Å². The zero-order valence-corrected chi connectivity index (χ0v) is 12.9. The molecule has 0 saturated carbocycles. The number of nitrogens with one attached hydrogen (secondary N) is 1. The molecule has 3 N–H and O–H groups in total. The van der Waals surface area contributed by atoms with Gasteiger partial charge in [0.1, 0.15) is 17.3 Å². The van der Waals surface area contributed by atoms with Crippen molar-refractivity contribution in [2.24, 2.45) is 0 Å². The standard InChI is InChI=1S/C15H13ClN4O2/c1-3-13-8(2)14(11(7-17)15(18)19-13)10-6-9(20(21)22)4-5-12(10)16/h4-6H,3H2,1-2H3,(H2,18,19)/p+1. The minimum absolute atomic E-state index is 0.0906. The van der Waals surface area contributed by atoms with E-state index >= 15 is 0 Å². The fourth-order valence-electron chi connectivity index (χ4n) is 2.42. The molecule has 0 aliphatic heterocycles. The summed E-state index contributed by atoms with van der Waals surface area (Å²) in [5.41, 5.74) is 8.67. The molecule has 6 nitrogen and oxygen atoms in total. The number of nitrogens with two attached hydrogens (primary N) is 1. The number of hydrogen-bond donors (Lipinski definition) is 1. The molecular weight excluding hydrogens is 304 g/mol. The van der Waals surface area contributed by atoms with Crippen molar-refractivity contribution in [1.29, 1.82) is 5.26 Å². The van der Waals surface area contributed by atoms with Gasteiger partial charge in [-0.15, -0.1) is 0 Å². The molecule has 2 rings (SSSR count). The molecule has 0 atom stereocenters. The van der Waals surface area contributed by atoms with Crippen molar-refractivity contribution >= 4 is 23.1 Å². The van der Waals surface area contributed by atoms with Crippen LogP contribution in [0.1, 0.15) is 23.7 Å². The Morgan fingerprint density at radius 1 is 1.50 bits per heavy atom. The molecule has 0 unspecified atom stereocenters. The molecule has 0 amide bonds. The van der Waals surface area contributed by atoms with Crippen molar-refractivity contribution in [2.45, 2.75) is 20.3 Å². The molecular formula is C15H14ClN4O2+.